The van der Waals surface area contributed by atoms with Crippen LogP contribution in [0.15, 0.2) is 11.2 Å². The van der Waals surface area contributed by atoms with E-state index in [0.29, 0.717) is 25.3 Å². The number of aryl methyl sites for hydroxylation is 2. The summed E-state index contributed by atoms with van der Waals surface area (Å²) in [6, 6.07) is 0. The minimum absolute atomic E-state index is 0.114. The van der Waals surface area contributed by atoms with Gasteiger partial charge in [0, 0.05) is 31.4 Å². The molecule has 0 aliphatic heterocycles. The van der Waals surface area contributed by atoms with Gasteiger partial charge in [0.15, 0.2) is 5.03 Å². The van der Waals surface area contributed by atoms with Crippen molar-refractivity contribution in [2.45, 2.75) is 64.6 Å². The van der Waals surface area contributed by atoms with Crippen molar-refractivity contribution in [1.29, 1.82) is 0 Å². The molecule has 1 unspecified atom stereocenters. The van der Waals surface area contributed by atoms with E-state index in [4.69, 9.17) is 5.73 Å². The third-order valence-corrected chi connectivity index (χ3v) is 6.01. The van der Waals surface area contributed by atoms with Gasteiger partial charge in [-0.3, -0.25) is 0 Å². The van der Waals surface area contributed by atoms with Crippen LogP contribution in [0.2, 0.25) is 0 Å². The fourth-order valence-corrected chi connectivity index (χ4v) is 4.28. The topological polar surface area (TPSA) is 81.2 Å². The highest BCUT2D eigenvalue weighted by Gasteiger charge is 2.39. The van der Waals surface area contributed by atoms with Crippen molar-refractivity contribution < 1.29 is 8.42 Å². The van der Waals surface area contributed by atoms with Crippen molar-refractivity contribution in [1.82, 2.24) is 13.9 Å². The first kappa shape index (κ1) is 18.1. The summed E-state index contributed by atoms with van der Waals surface area (Å²) < 4.78 is 29.3. The van der Waals surface area contributed by atoms with Crippen LogP contribution >= 0.6 is 0 Å². The van der Waals surface area contributed by atoms with Crippen LogP contribution in [-0.2, 0) is 16.6 Å². The highest BCUT2D eigenvalue weighted by Crippen LogP contribution is 2.26. The van der Waals surface area contributed by atoms with Gasteiger partial charge < -0.3 is 10.3 Å². The van der Waals surface area contributed by atoms with Gasteiger partial charge in [0.05, 0.1) is 0 Å². The van der Waals surface area contributed by atoms with Crippen LogP contribution in [0, 0.1) is 6.92 Å². The van der Waals surface area contributed by atoms with Gasteiger partial charge in [0.25, 0.3) is 10.0 Å². The molecule has 2 N–H and O–H groups in total. The van der Waals surface area contributed by atoms with Crippen LogP contribution in [0.25, 0.3) is 0 Å². The van der Waals surface area contributed by atoms with Gasteiger partial charge in [-0.2, -0.15) is 4.31 Å². The first-order valence-corrected chi connectivity index (χ1v) is 8.97. The van der Waals surface area contributed by atoms with E-state index in [1.807, 2.05) is 39.2 Å². The number of hydrogen-bond donors (Lipinski definition) is 1. The first-order chi connectivity index (χ1) is 9.76. The fraction of sp³-hybridized carbons (Fsp3) is 0.786. The quantitative estimate of drug-likeness (QED) is 0.792. The summed E-state index contributed by atoms with van der Waals surface area (Å²) in [5.74, 6) is 0.707. The Hall–Kier alpha value is -0.920. The average Bonchev–Trinajstić information content (AvgIpc) is 2.85. The van der Waals surface area contributed by atoms with Crippen LogP contribution in [0.4, 0.5) is 0 Å². The number of nitrogens with two attached hydrogens (primary N) is 1. The Kier molecular flexibility index (Phi) is 5.95. The standard InChI is InChI=1S/C14H28N4O2S/c1-6-9-18(14(5,7-2)11-15)21(19,20)13-10-17(8-3)12(4)16-13/h10H,6-9,11,15H2,1-5H3. The maximum Gasteiger partial charge on any atom is 0.262 e. The molecule has 6 nitrogen and oxygen atoms in total. The molecule has 0 saturated heterocycles. The van der Waals surface area contributed by atoms with Crippen molar-refractivity contribution in [3.8, 4) is 0 Å². The summed E-state index contributed by atoms with van der Waals surface area (Å²) >= 11 is 0. The SMILES string of the molecule is CCCN(C(C)(CC)CN)S(=O)(=O)c1cn(CC)c(C)n1. The second-order valence-electron chi connectivity index (χ2n) is 5.54. The van der Waals surface area contributed by atoms with Gasteiger partial charge in [-0.15, -0.1) is 0 Å². The molecule has 0 saturated carbocycles. The van der Waals surface area contributed by atoms with Gasteiger partial charge in [0.1, 0.15) is 5.82 Å². The maximum absolute atomic E-state index is 13.0. The summed E-state index contributed by atoms with van der Waals surface area (Å²) in [6.45, 7) is 11.0. The normalized spacial score (nSPS) is 15.4. The average molecular weight is 316 g/mol. The van der Waals surface area contributed by atoms with E-state index in [1.54, 1.807) is 6.20 Å². The van der Waals surface area contributed by atoms with Gasteiger partial charge in [-0.05, 0) is 33.6 Å². The lowest BCUT2D eigenvalue weighted by molar-refractivity contribution is 0.205. The molecule has 0 aromatic carbocycles. The zero-order valence-corrected chi connectivity index (χ0v) is 14.6. The molecule has 122 valence electrons. The molecule has 0 spiro atoms. The zero-order chi connectivity index (χ0) is 16.3. The Morgan fingerprint density at radius 1 is 1.38 bits per heavy atom. The predicted molar refractivity (Wildman–Crippen MR) is 84.6 cm³/mol. The number of nitrogens with zero attached hydrogens (tertiary/aromatic N) is 3. The number of hydrogen-bond acceptors (Lipinski definition) is 4. The van der Waals surface area contributed by atoms with Crippen molar-refractivity contribution in [3.05, 3.63) is 12.0 Å². The van der Waals surface area contributed by atoms with Crippen LogP contribution < -0.4 is 5.73 Å². The maximum atomic E-state index is 13.0. The Balaban J connectivity index is 3.33. The molecule has 1 atom stereocenters. The summed E-state index contributed by atoms with van der Waals surface area (Å²) in [7, 11) is -3.64. The molecule has 0 amide bonds. The van der Waals surface area contributed by atoms with Crippen molar-refractivity contribution >= 4 is 10.0 Å². The molecule has 1 aromatic heterocycles. The largest absolute Gasteiger partial charge is 0.334 e. The zero-order valence-electron chi connectivity index (χ0n) is 13.8. The molecule has 1 aromatic rings. The second kappa shape index (κ2) is 6.89. The monoisotopic (exact) mass is 316 g/mol. The molecule has 0 fully saturated rings. The Bertz CT molecular complexity index is 562. The molecule has 0 aliphatic rings. The molecule has 21 heavy (non-hydrogen) atoms. The summed E-state index contributed by atoms with van der Waals surface area (Å²) in [5.41, 5.74) is 5.27. The molecular weight excluding hydrogens is 288 g/mol. The summed E-state index contributed by atoms with van der Waals surface area (Å²) in [5, 5.41) is 0.114. The lowest BCUT2D eigenvalue weighted by Gasteiger charge is -2.38. The first-order valence-electron chi connectivity index (χ1n) is 7.53. The number of rotatable bonds is 8. The predicted octanol–water partition coefficient (Wildman–Crippen LogP) is 1.74. The van der Waals surface area contributed by atoms with E-state index >= 15 is 0 Å². The molecule has 0 aliphatic carbocycles. The summed E-state index contributed by atoms with van der Waals surface area (Å²) in [6.07, 6.45) is 3.01. The molecule has 1 heterocycles. The van der Waals surface area contributed by atoms with Crippen LogP contribution in [0.5, 0.6) is 0 Å². The van der Waals surface area contributed by atoms with Gasteiger partial charge in [-0.1, -0.05) is 13.8 Å². The highest BCUT2D eigenvalue weighted by atomic mass is 32.2. The summed E-state index contributed by atoms with van der Waals surface area (Å²) in [4.78, 5) is 4.23. The van der Waals surface area contributed by atoms with Crippen LogP contribution in [0.1, 0.15) is 46.4 Å². The van der Waals surface area contributed by atoms with Gasteiger partial charge in [0.2, 0.25) is 0 Å². The van der Waals surface area contributed by atoms with E-state index < -0.39 is 15.6 Å². The fourth-order valence-electron chi connectivity index (χ4n) is 2.34. The van der Waals surface area contributed by atoms with Crippen LogP contribution in [-0.4, -0.2) is 40.9 Å². The van der Waals surface area contributed by atoms with Crippen molar-refractivity contribution in [2.75, 3.05) is 13.1 Å². The Morgan fingerprint density at radius 3 is 2.38 bits per heavy atom. The van der Waals surface area contributed by atoms with Crippen LogP contribution in [0.3, 0.4) is 0 Å². The van der Waals surface area contributed by atoms with E-state index in [9.17, 15) is 8.42 Å². The van der Waals surface area contributed by atoms with E-state index in [0.717, 1.165) is 6.42 Å². The van der Waals surface area contributed by atoms with E-state index in [2.05, 4.69) is 4.98 Å². The van der Waals surface area contributed by atoms with Crippen molar-refractivity contribution in [3.63, 3.8) is 0 Å². The lowest BCUT2D eigenvalue weighted by atomic mass is 9.99. The Labute approximate surface area is 128 Å². The van der Waals surface area contributed by atoms with Crippen molar-refractivity contribution in [2.24, 2.45) is 5.73 Å². The van der Waals surface area contributed by atoms with E-state index in [-0.39, 0.29) is 11.6 Å². The van der Waals surface area contributed by atoms with E-state index in [1.165, 1.54) is 4.31 Å². The lowest BCUT2D eigenvalue weighted by Crippen LogP contribution is -2.54. The minimum atomic E-state index is -3.64. The molecule has 0 radical (unpaired) electrons. The number of sulfonamides is 1. The third kappa shape index (κ3) is 3.46. The number of imidazole rings is 1. The molecule has 1 rings (SSSR count). The minimum Gasteiger partial charge on any atom is -0.334 e. The smallest absolute Gasteiger partial charge is 0.262 e. The molecular formula is C14H28N4O2S. The molecule has 0 bridgehead atoms. The Morgan fingerprint density at radius 2 is 2.00 bits per heavy atom. The number of aromatic nitrogens is 2. The van der Waals surface area contributed by atoms with Gasteiger partial charge in [-0.25, -0.2) is 13.4 Å². The molecule has 7 heteroatoms. The van der Waals surface area contributed by atoms with Gasteiger partial charge >= 0.3 is 0 Å². The third-order valence-electron chi connectivity index (χ3n) is 4.08. The second-order valence-corrected chi connectivity index (χ2v) is 7.35. The highest BCUT2D eigenvalue weighted by molar-refractivity contribution is 7.89.